The summed E-state index contributed by atoms with van der Waals surface area (Å²) in [5.74, 6) is -1.53. The van der Waals surface area contributed by atoms with E-state index in [9.17, 15) is 24.5 Å². The zero-order valence-electron chi connectivity index (χ0n) is 16.5. The van der Waals surface area contributed by atoms with E-state index >= 15 is 0 Å². The Hall–Kier alpha value is -3.70. The minimum Gasteiger partial charge on any atom is -0.452 e. The Kier molecular flexibility index (Phi) is 6.14. The third-order valence-corrected chi connectivity index (χ3v) is 4.45. The largest absolute Gasteiger partial charge is 0.452 e. The third kappa shape index (κ3) is 4.02. The van der Waals surface area contributed by atoms with Crippen LogP contribution in [0.2, 0.25) is 0 Å². The number of furan rings is 1. The number of fused-ring (bicyclic) bond motifs is 1. The number of imidazole rings is 1. The van der Waals surface area contributed by atoms with Gasteiger partial charge in [-0.15, -0.1) is 0 Å². The number of nitro groups is 1. The van der Waals surface area contributed by atoms with Gasteiger partial charge in [0.15, 0.2) is 11.2 Å². The molecule has 0 atom stereocenters. The summed E-state index contributed by atoms with van der Waals surface area (Å²) < 4.78 is 13.0. The minimum atomic E-state index is -0.907. The summed E-state index contributed by atoms with van der Waals surface area (Å²) in [7, 11) is 0. The molecule has 0 bridgehead atoms. The lowest BCUT2D eigenvalue weighted by Gasteiger charge is -2.08. The average molecular weight is 419 g/mol. The van der Waals surface area contributed by atoms with Crippen LogP contribution in [-0.2, 0) is 24.4 Å². The number of hydrogen-bond acceptors (Lipinski definition) is 8. The zero-order valence-corrected chi connectivity index (χ0v) is 16.5. The fourth-order valence-electron chi connectivity index (χ4n) is 3.05. The molecule has 0 aromatic carbocycles. The Morgan fingerprint density at radius 3 is 2.63 bits per heavy atom. The number of carbonyl (C=O) groups is 1. The van der Waals surface area contributed by atoms with E-state index in [2.05, 4.69) is 9.97 Å². The van der Waals surface area contributed by atoms with Gasteiger partial charge in [0.05, 0.1) is 6.07 Å². The molecule has 1 N–H and O–H groups in total. The number of aryl methyl sites for hydroxylation is 2. The Morgan fingerprint density at radius 1 is 1.23 bits per heavy atom. The van der Waals surface area contributed by atoms with Gasteiger partial charge in [0.1, 0.15) is 17.4 Å². The van der Waals surface area contributed by atoms with Crippen LogP contribution in [0.15, 0.2) is 26.1 Å². The molecule has 0 unspecified atom stereocenters. The lowest BCUT2D eigenvalue weighted by Crippen LogP contribution is -2.31. The van der Waals surface area contributed by atoms with E-state index < -0.39 is 28.0 Å². The zero-order chi connectivity index (χ0) is 21.8. The topological polar surface area (TPSA) is 155 Å². The fraction of sp³-hybridized carbons (Fsp3) is 0.444. The molecule has 3 rings (SSSR count). The van der Waals surface area contributed by atoms with Crippen molar-refractivity contribution in [1.82, 2.24) is 19.1 Å². The maximum atomic E-state index is 12.4. The Labute approximate surface area is 169 Å². The predicted molar refractivity (Wildman–Crippen MR) is 104 cm³/mol. The Bertz CT molecular complexity index is 1200. The number of carbonyl (C=O) groups excluding carboxylic acids is 1. The van der Waals surface area contributed by atoms with Crippen LogP contribution in [0.4, 0.5) is 5.88 Å². The number of ether oxygens (including phenoxy) is 1. The molecular formula is C18H21N5O7. The third-order valence-electron chi connectivity index (χ3n) is 4.45. The molecule has 0 amide bonds. The number of nitrogens with one attached hydrogen (secondary N) is 1. The van der Waals surface area contributed by atoms with Gasteiger partial charge in [0.2, 0.25) is 5.76 Å². The maximum Gasteiger partial charge on any atom is 0.433 e. The van der Waals surface area contributed by atoms with E-state index in [1.54, 1.807) is 4.57 Å². The highest BCUT2D eigenvalue weighted by atomic mass is 16.7. The highest BCUT2D eigenvalue weighted by Gasteiger charge is 2.22. The molecule has 0 saturated carbocycles. The fourth-order valence-corrected chi connectivity index (χ4v) is 3.05. The van der Waals surface area contributed by atoms with Gasteiger partial charge in [-0.2, -0.15) is 0 Å². The van der Waals surface area contributed by atoms with E-state index in [4.69, 9.17) is 9.15 Å². The highest BCUT2D eigenvalue weighted by molar-refractivity contribution is 5.86. The van der Waals surface area contributed by atoms with Crippen molar-refractivity contribution in [2.24, 2.45) is 0 Å². The van der Waals surface area contributed by atoms with E-state index in [1.807, 2.05) is 13.8 Å². The Balaban J connectivity index is 1.96. The summed E-state index contributed by atoms with van der Waals surface area (Å²) in [4.78, 5) is 53.5. The van der Waals surface area contributed by atoms with Crippen molar-refractivity contribution in [2.45, 2.75) is 52.8 Å². The first-order valence-electron chi connectivity index (χ1n) is 9.50. The normalized spacial score (nSPS) is 11.1. The molecule has 3 aromatic rings. The van der Waals surface area contributed by atoms with Gasteiger partial charge in [0.25, 0.3) is 5.56 Å². The monoisotopic (exact) mass is 419 g/mol. The first kappa shape index (κ1) is 21.0. The number of rotatable bonds is 9. The number of aromatic nitrogens is 4. The molecule has 160 valence electrons. The van der Waals surface area contributed by atoms with Gasteiger partial charge in [-0.3, -0.25) is 24.5 Å². The van der Waals surface area contributed by atoms with Crippen LogP contribution in [0.3, 0.4) is 0 Å². The summed E-state index contributed by atoms with van der Waals surface area (Å²) in [6.45, 7) is 4.40. The Morgan fingerprint density at radius 2 is 2.00 bits per heavy atom. The van der Waals surface area contributed by atoms with Crippen molar-refractivity contribution >= 4 is 23.0 Å². The van der Waals surface area contributed by atoms with Crippen molar-refractivity contribution in [3.8, 4) is 0 Å². The smallest absolute Gasteiger partial charge is 0.433 e. The van der Waals surface area contributed by atoms with E-state index in [1.165, 1.54) is 4.57 Å². The van der Waals surface area contributed by atoms with Gasteiger partial charge in [0, 0.05) is 13.1 Å². The summed E-state index contributed by atoms with van der Waals surface area (Å²) in [6, 6.07) is 2.19. The van der Waals surface area contributed by atoms with E-state index in [0.29, 0.717) is 19.5 Å². The second-order valence-corrected chi connectivity index (χ2v) is 6.59. The molecule has 0 spiro atoms. The minimum absolute atomic E-state index is 0.227. The number of unbranched alkanes of at least 4 members (excludes halogenated alkanes) is 1. The van der Waals surface area contributed by atoms with Crippen LogP contribution >= 0.6 is 0 Å². The molecule has 0 fully saturated rings. The SMILES string of the molecule is CCCCn1c(=O)[nH]c(=O)c2c1nc(COC(=O)c1ccc([N+](=O)[O-])o1)n2CCC. The number of hydrogen-bond donors (Lipinski definition) is 1. The molecule has 0 saturated heterocycles. The van der Waals surface area contributed by atoms with Gasteiger partial charge in [-0.1, -0.05) is 20.3 Å². The summed E-state index contributed by atoms with van der Waals surface area (Å²) in [5, 5.41) is 10.7. The van der Waals surface area contributed by atoms with Crippen molar-refractivity contribution in [3.63, 3.8) is 0 Å². The van der Waals surface area contributed by atoms with Crippen LogP contribution in [-0.4, -0.2) is 30.0 Å². The van der Waals surface area contributed by atoms with Crippen molar-refractivity contribution in [1.29, 1.82) is 0 Å². The molecule has 0 radical (unpaired) electrons. The second kappa shape index (κ2) is 8.76. The molecule has 12 nitrogen and oxygen atoms in total. The van der Waals surface area contributed by atoms with Crippen LogP contribution in [0.5, 0.6) is 0 Å². The number of nitrogens with zero attached hydrogens (tertiary/aromatic N) is 4. The quantitative estimate of drug-likeness (QED) is 0.313. The standard InChI is InChI=1S/C18H21N5O7/c1-3-5-9-22-15-14(16(24)20-18(22)26)21(8-4-2)12(19-15)10-29-17(25)11-6-7-13(30-11)23(27)28/h6-7H,3-5,8-10H2,1-2H3,(H,20,24,26). The van der Waals surface area contributed by atoms with Crippen LogP contribution in [0.1, 0.15) is 49.5 Å². The van der Waals surface area contributed by atoms with E-state index in [-0.39, 0.29) is 29.4 Å². The summed E-state index contributed by atoms with van der Waals surface area (Å²) >= 11 is 0. The van der Waals surface area contributed by atoms with Crippen molar-refractivity contribution in [3.05, 3.63) is 54.7 Å². The number of aromatic amines is 1. The molecule has 0 aliphatic heterocycles. The average Bonchev–Trinajstić information content (AvgIpc) is 3.32. The van der Waals surface area contributed by atoms with Crippen LogP contribution in [0, 0.1) is 10.1 Å². The van der Waals surface area contributed by atoms with Gasteiger partial charge in [-0.25, -0.2) is 14.6 Å². The van der Waals surface area contributed by atoms with Crippen LogP contribution in [0.25, 0.3) is 11.2 Å². The molecule has 0 aliphatic rings. The summed E-state index contributed by atoms with van der Waals surface area (Å²) in [6.07, 6.45) is 2.25. The van der Waals surface area contributed by atoms with Gasteiger partial charge in [-0.05, 0) is 18.9 Å². The van der Waals surface area contributed by atoms with Crippen molar-refractivity contribution < 1.29 is 18.9 Å². The highest BCUT2D eigenvalue weighted by Crippen LogP contribution is 2.18. The molecule has 30 heavy (non-hydrogen) atoms. The first-order chi connectivity index (χ1) is 14.4. The second-order valence-electron chi connectivity index (χ2n) is 6.59. The van der Waals surface area contributed by atoms with Gasteiger partial charge >= 0.3 is 17.5 Å². The maximum absolute atomic E-state index is 12.4. The predicted octanol–water partition coefficient (Wildman–Crippen LogP) is 1.95. The molecule has 0 aliphatic carbocycles. The van der Waals surface area contributed by atoms with Crippen LogP contribution < -0.4 is 11.2 Å². The van der Waals surface area contributed by atoms with Crippen molar-refractivity contribution in [2.75, 3.05) is 0 Å². The first-order valence-corrected chi connectivity index (χ1v) is 9.50. The lowest BCUT2D eigenvalue weighted by molar-refractivity contribution is -0.402. The molecule has 3 aromatic heterocycles. The lowest BCUT2D eigenvalue weighted by atomic mass is 10.3. The van der Waals surface area contributed by atoms with Gasteiger partial charge < -0.3 is 13.7 Å². The number of esters is 1. The van der Waals surface area contributed by atoms with E-state index in [0.717, 1.165) is 25.0 Å². The molecular weight excluding hydrogens is 398 g/mol. The number of H-pyrrole nitrogens is 1. The molecule has 12 heteroatoms. The molecule has 3 heterocycles. The summed E-state index contributed by atoms with van der Waals surface area (Å²) in [5.41, 5.74) is -0.658.